The van der Waals surface area contributed by atoms with E-state index in [0.717, 1.165) is 25.0 Å². The van der Waals surface area contributed by atoms with E-state index in [1.165, 1.54) is 6.07 Å². The largest absolute Gasteiger partial charge is 0.489 e. The second-order valence-corrected chi connectivity index (χ2v) is 6.16. The summed E-state index contributed by atoms with van der Waals surface area (Å²) in [5.74, 6) is -1.51. The molecule has 2 N–H and O–H groups in total. The highest BCUT2D eigenvalue weighted by Gasteiger charge is 2.38. The first-order valence-electron chi connectivity index (χ1n) is 7.64. The van der Waals surface area contributed by atoms with E-state index >= 15 is 0 Å². The highest BCUT2D eigenvalue weighted by molar-refractivity contribution is 5.75. The van der Waals surface area contributed by atoms with Crippen molar-refractivity contribution in [3.05, 3.63) is 29.8 Å². The number of hydrogen-bond acceptors (Lipinski definition) is 3. The number of carbonyl (C=O) groups is 1. The molecule has 1 aromatic carbocycles. The zero-order valence-electron chi connectivity index (χ0n) is 13.3. The van der Waals surface area contributed by atoms with Gasteiger partial charge in [-0.15, -0.1) is 0 Å². The van der Waals surface area contributed by atoms with E-state index in [1.54, 1.807) is 18.7 Å². The van der Waals surface area contributed by atoms with E-state index in [4.69, 9.17) is 4.74 Å². The number of carbonyl (C=O) groups excluding carboxylic acids is 1. The molecule has 0 saturated carbocycles. The van der Waals surface area contributed by atoms with Crippen LogP contribution in [0.4, 0.5) is 13.6 Å². The van der Waals surface area contributed by atoms with Gasteiger partial charge in [-0.2, -0.15) is 0 Å². The van der Waals surface area contributed by atoms with Crippen molar-refractivity contribution in [2.75, 3.05) is 19.7 Å². The van der Waals surface area contributed by atoms with Crippen LogP contribution in [0, 0.1) is 11.6 Å². The van der Waals surface area contributed by atoms with Gasteiger partial charge in [-0.3, -0.25) is 0 Å². The number of rotatable bonds is 5. The molecule has 1 aromatic rings. The average Bonchev–Trinajstić information content (AvgIpc) is 2.94. The minimum atomic E-state index is -0.957. The minimum absolute atomic E-state index is 0.0591. The Morgan fingerprint density at radius 2 is 2.22 bits per heavy atom. The third kappa shape index (κ3) is 4.54. The Bertz CT molecular complexity index is 561. The normalized spacial score (nSPS) is 18.1. The number of aliphatic hydroxyl groups is 1. The molecule has 7 heteroatoms. The van der Waals surface area contributed by atoms with E-state index in [1.807, 2.05) is 0 Å². The molecule has 0 bridgehead atoms. The number of nitrogens with one attached hydrogen (secondary N) is 1. The SMILES string of the molecule is CC(C)(O)[C@H]1CCCN1C(=O)NCCOc1ccc(F)cc1F. The fraction of sp³-hybridized carbons (Fsp3) is 0.562. The van der Waals surface area contributed by atoms with Gasteiger partial charge >= 0.3 is 6.03 Å². The summed E-state index contributed by atoms with van der Waals surface area (Å²) in [6.07, 6.45) is 1.60. The molecule has 2 rings (SSSR count). The summed E-state index contributed by atoms with van der Waals surface area (Å²) >= 11 is 0. The second kappa shape index (κ2) is 7.12. The van der Waals surface area contributed by atoms with Gasteiger partial charge in [0.1, 0.15) is 12.4 Å². The fourth-order valence-electron chi connectivity index (χ4n) is 2.76. The Labute approximate surface area is 134 Å². The van der Waals surface area contributed by atoms with Crippen molar-refractivity contribution in [3.8, 4) is 5.75 Å². The maximum absolute atomic E-state index is 13.4. The van der Waals surface area contributed by atoms with Gasteiger partial charge in [-0.05, 0) is 38.8 Å². The summed E-state index contributed by atoms with van der Waals surface area (Å²) in [5, 5.41) is 12.8. The van der Waals surface area contributed by atoms with E-state index in [-0.39, 0.29) is 31.0 Å². The molecular formula is C16H22F2N2O3. The van der Waals surface area contributed by atoms with Crippen LogP contribution in [0.5, 0.6) is 5.75 Å². The molecule has 0 unspecified atom stereocenters. The zero-order chi connectivity index (χ0) is 17.0. The number of amides is 2. The van der Waals surface area contributed by atoms with E-state index in [2.05, 4.69) is 5.32 Å². The molecule has 0 spiro atoms. The first-order valence-corrected chi connectivity index (χ1v) is 7.64. The van der Waals surface area contributed by atoms with Gasteiger partial charge in [0, 0.05) is 12.6 Å². The molecule has 2 amide bonds. The van der Waals surface area contributed by atoms with Gasteiger partial charge in [0.15, 0.2) is 11.6 Å². The van der Waals surface area contributed by atoms with Crippen LogP contribution in [0.1, 0.15) is 26.7 Å². The molecule has 1 saturated heterocycles. The van der Waals surface area contributed by atoms with Crippen molar-refractivity contribution in [1.29, 1.82) is 0 Å². The standard InChI is InChI=1S/C16H22F2N2O3/c1-16(2,22)14-4-3-8-20(14)15(21)19-7-9-23-13-6-5-11(17)10-12(13)18/h5-6,10,14,22H,3-4,7-9H2,1-2H3,(H,19,21)/t14-/m1/s1. The Morgan fingerprint density at radius 1 is 1.48 bits per heavy atom. The summed E-state index contributed by atoms with van der Waals surface area (Å²) in [6.45, 7) is 4.21. The lowest BCUT2D eigenvalue weighted by molar-refractivity contribution is 0.00976. The molecule has 1 aliphatic rings. The monoisotopic (exact) mass is 328 g/mol. The van der Waals surface area contributed by atoms with E-state index in [9.17, 15) is 18.7 Å². The lowest BCUT2D eigenvalue weighted by Crippen LogP contribution is -2.51. The molecule has 0 radical (unpaired) electrons. The molecule has 1 heterocycles. The zero-order valence-corrected chi connectivity index (χ0v) is 13.3. The summed E-state index contributed by atoms with van der Waals surface area (Å²) in [5.41, 5.74) is -0.957. The third-order valence-electron chi connectivity index (χ3n) is 3.86. The number of benzene rings is 1. The second-order valence-electron chi connectivity index (χ2n) is 6.16. The Balaban J connectivity index is 1.79. The lowest BCUT2D eigenvalue weighted by atomic mass is 9.97. The molecule has 1 atom stereocenters. The van der Waals surface area contributed by atoms with Crippen molar-refractivity contribution in [1.82, 2.24) is 10.2 Å². The molecule has 23 heavy (non-hydrogen) atoms. The number of hydrogen-bond donors (Lipinski definition) is 2. The van der Waals surface area contributed by atoms with Crippen LogP contribution in [0.3, 0.4) is 0 Å². The van der Waals surface area contributed by atoms with Crippen LogP contribution in [0.2, 0.25) is 0 Å². The van der Waals surface area contributed by atoms with E-state index < -0.39 is 17.2 Å². The van der Waals surface area contributed by atoms with Crippen LogP contribution < -0.4 is 10.1 Å². The Morgan fingerprint density at radius 3 is 2.87 bits per heavy atom. The Kier molecular flexibility index (Phi) is 5.41. The van der Waals surface area contributed by atoms with Crippen molar-refractivity contribution in [2.24, 2.45) is 0 Å². The van der Waals surface area contributed by atoms with Crippen molar-refractivity contribution in [3.63, 3.8) is 0 Å². The maximum Gasteiger partial charge on any atom is 0.317 e. The quantitative estimate of drug-likeness (QED) is 0.815. The van der Waals surface area contributed by atoms with Crippen LogP contribution in [0.25, 0.3) is 0 Å². The number of likely N-dealkylation sites (tertiary alicyclic amines) is 1. The first kappa shape index (κ1) is 17.5. The van der Waals surface area contributed by atoms with Gasteiger partial charge < -0.3 is 20.1 Å². The molecule has 0 aromatic heterocycles. The third-order valence-corrected chi connectivity index (χ3v) is 3.86. The summed E-state index contributed by atoms with van der Waals surface area (Å²) in [6, 6.07) is 2.55. The smallest absolute Gasteiger partial charge is 0.317 e. The van der Waals surface area contributed by atoms with Gasteiger partial charge in [0.05, 0.1) is 18.2 Å². The number of ether oxygens (including phenoxy) is 1. The van der Waals surface area contributed by atoms with Gasteiger partial charge in [-0.25, -0.2) is 13.6 Å². The predicted molar refractivity (Wildman–Crippen MR) is 81.3 cm³/mol. The lowest BCUT2D eigenvalue weighted by Gasteiger charge is -2.33. The van der Waals surface area contributed by atoms with E-state index in [0.29, 0.717) is 6.54 Å². The van der Waals surface area contributed by atoms with Gasteiger partial charge in [-0.1, -0.05) is 0 Å². The maximum atomic E-state index is 13.4. The molecule has 1 aliphatic heterocycles. The Hall–Kier alpha value is -1.89. The molecule has 0 aliphatic carbocycles. The topological polar surface area (TPSA) is 61.8 Å². The molecule has 128 valence electrons. The average molecular weight is 328 g/mol. The highest BCUT2D eigenvalue weighted by atomic mass is 19.1. The van der Waals surface area contributed by atoms with Crippen LogP contribution in [0.15, 0.2) is 18.2 Å². The summed E-state index contributed by atoms with van der Waals surface area (Å²) in [7, 11) is 0. The van der Waals surface area contributed by atoms with Crippen LogP contribution >= 0.6 is 0 Å². The highest BCUT2D eigenvalue weighted by Crippen LogP contribution is 2.26. The number of urea groups is 1. The summed E-state index contributed by atoms with van der Waals surface area (Å²) < 4.78 is 31.3. The first-order chi connectivity index (χ1) is 10.8. The van der Waals surface area contributed by atoms with Crippen molar-refractivity contribution < 1.29 is 23.4 Å². The number of nitrogens with zero attached hydrogens (tertiary/aromatic N) is 1. The van der Waals surface area contributed by atoms with Gasteiger partial charge in [0.2, 0.25) is 0 Å². The summed E-state index contributed by atoms with van der Waals surface area (Å²) in [4.78, 5) is 13.8. The van der Waals surface area contributed by atoms with Crippen LogP contribution in [-0.2, 0) is 0 Å². The molecule has 1 fully saturated rings. The fourth-order valence-corrected chi connectivity index (χ4v) is 2.76. The van der Waals surface area contributed by atoms with Crippen LogP contribution in [-0.4, -0.2) is 47.4 Å². The van der Waals surface area contributed by atoms with Crippen molar-refractivity contribution >= 4 is 6.03 Å². The molecule has 5 nitrogen and oxygen atoms in total. The van der Waals surface area contributed by atoms with Crippen molar-refractivity contribution in [2.45, 2.75) is 38.3 Å². The number of halogens is 2. The minimum Gasteiger partial charge on any atom is -0.489 e. The molecular weight excluding hydrogens is 306 g/mol. The predicted octanol–water partition coefficient (Wildman–Crippen LogP) is 2.29. The van der Waals surface area contributed by atoms with Gasteiger partial charge in [0.25, 0.3) is 0 Å².